The second-order valence-corrected chi connectivity index (χ2v) is 9.80. The number of rotatable bonds is 14. The Kier molecular flexibility index (Phi) is 13.5. The van der Waals surface area contributed by atoms with Crippen molar-refractivity contribution in [2.24, 2.45) is 22.9 Å². The van der Waals surface area contributed by atoms with Crippen molar-refractivity contribution in [2.45, 2.75) is 86.5 Å². The lowest BCUT2D eigenvalue weighted by Gasteiger charge is -2.39. The maximum Gasteiger partial charge on any atom is 0.246 e. The van der Waals surface area contributed by atoms with Crippen LogP contribution in [0.2, 0.25) is 0 Å². The third-order valence-corrected chi connectivity index (χ3v) is 6.70. The predicted molar refractivity (Wildman–Crippen MR) is 133 cm³/mol. The van der Waals surface area contributed by atoms with E-state index < -0.39 is 60.8 Å². The van der Waals surface area contributed by atoms with E-state index in [2.05, 4.69) is 16.0 Å². The summed E-state index contributed by atoms with van der Waals surface area (Å²) in [5, 5.41) is 48.4. The maximum absolute atomic E-state index is 11.9. The summed E-state index contributed by atoms with van der Waals surface area (Å²) in [6.45, 7) is 1.57. The molecule has 216 valence electrons. The number of carbonyl (C=O) groups excluding carboxylic acids is 2. The van der Waals surface area contributed by atoms with Crippen molar-refractivity contribution in [3.63, 3.8) is 0 Å². The molecule has 0 aliphatic heterocycles. The van der Waals surface area contributed by atoms with Crippen molar-refractivity contribution in [3.8, 4) is 0 Å². The standard InChI is InChI=1S/C22H45N7O8/c23-11-7-13(25)21(19(34)17(11)32)36-9-15(30)28-5-1-3-27-4-2-6-29-16(31)10-37-22-14(26)8-12(24)18(33)20(22)35/h11-14,17-22,27,32-35H,1-10,23-26H2,(H,28,30)(H,29,31)/t11-,12-,13+,14+,17+,18+,19-,20-,21-,22-/m1/s1. The van der Waals surface area contributed by atoms with Gasteiger partial charge in [-0.2, -0.15) is 0 Å². The van der Waals surface area contributed by atoms with Gasteiger partial charge < -0.3 is 68.8 Å². The first-order valence-electron chi connectivity index (χ1n) is 12.7. The predicted octanol–water partition coefficient (Wildman–Crippen LogP) is -6.08. The summed E-state index contributed by atoms with van der Waals surface area (Å²) in [4.78, 5) is 23.9. The highest BCUT2D eigenvalue weighted by molar-refractivity contribution is 5.77. The fourth-order valence-corrected chi connectivity index (χ4v) is 4.48. The highest BCUT2D eigenvalue weighted by atomic mass is 16.5. The van der Waals surface area contributed by atoms with Crippen LogP contribution in [0.4, 0.5) is 0 Å². The molecular weight excluding hydrogens is 490 g/mol. The molecule has 0 heterocycles. The molecule has 2 rings (SSSR count). The van der Waals surface area contributed by atoms with E-state index in [0.29, 0.717) is 39.0 Å². The lowest BCUT2D eigenvalue weighted by atomic mass is 9.85. The second kappa shape index (κ2) is 15.8. The first-order chi connectivity index (χ1) is 17.5. The normalized spacial score (nSPS) is 36.2. The van der Waals surface area contributed by atoms with Gasteiger partial charge >= 0.3 is 0 Å². The van der Waals surface area contributed by atoms with Crippen molar-refractivity contribution < 1.29 is 39.5 Å². The van der Waals surface area contributed by atoms with Crippen LogP contribution in [-0.4, -0.2) is 132 Å². The summed E-state index contributed by atoms with van der Waals surface area (Å²) >= 11 is 0. The van der Waals surface area contributed by atoms with E-state index in [-0.39, 0.29) is 37.9 Å². The Labute approximate surface area is 216 Å². The molecule has 2 fully saturated rings. The molecule has 15 N–H and O–H groups in total. The Morgan fingerprint density at radius 3 is 1.38 bits per heavy atom. The Bertz CT molecular complexity index is 652. The topological polar surface area (TPSA) is 274 Å². The van der Waals surface area contributed by atoms with Crippen LogP contribution in [0.15, 0.2) is 0 Å². The van der Waals surface area contributed by atoms with Gasteiger partial charge in [0.2, 0.25) is 11.8 Å². The summed E-state index contributed by atoms with van der Waals surface area (Å²) in [6, 6.07) is -2.40. The molecule has 0 unspecified atom stereocenters. The average Bonchev–Trinajstić information content (AvgIpc) is 2.84. The fraction of sp³-hybridized carbons (Fsp3) is 0.909. The molecule has 2 amide bonds. The van der Waals surface area contributed by atoms with Crippen LogP contribution >= 0.6 is 0 Å². The van der Waals surface area contributed by atoms with Crippen LogP contribution in [0.1, 0.15) is 25.7 Å². The van der Waals surface area contributed by atoms with Crippen LogP contribution in [0.5, 0.6) is 0 Å². The Hall–Kier alpha value is -1.50. The number of ether oxygens (including phenoxy) is 2. The number of nitrogens with two attached hydrogens (primary N) is 4. The van der Waals surface area contributed by atoms with Crippen LogP contribution in [-0.2, 0) is 19.1 Å². The number of hydrogen-bond acceptors (Lipinski definition) is 13. The van der Waals surface area contributed by atoms with Crippen molar-refractivity contribution >= 4 is 11.8 Å². The van der Waals surface area contributed by atoms with Crippen molar-refractivity contribution in [1.82, 2.24) is 16.0 Å². The van der Waals surface area contributed by atoms with Gasteiger partial charge in [0.15, 0.2) is 0 Å². The zero-order valence-electron chi connectivity index (χ0n) is 21.1. The van der Waals surface area contributed by atoms with Crippen LogP contribution in [0.25, 0.3) is 0 Å². The minimum absolute atomic E-state index is 0.284. The molecule has 15 nitrogen and oxygen atoms in total. The van der Waals surface area contributed by atoms with Gasteiger partial charge in [0, 0.05) is 37.3 Å². The first kappa shape index (κ1) is 31.7. The summed E-state index contributed by atoms with van der Waals surface area (Å²) in [6.07, 6.45) is -4.60. The van der Waals surface area contributed by atoms with Crippen LogP contribution in [0, 0.1) is 0 Å². The Balaban J connectivity index is 1.45. The molecule has 0 spiro atoms. The first-order valence-corrected chi connectivity index (χ1v) is 12.7. The number of aliphatic hydroxyl groups excluding tert-OH is 4. The SMILES string of the molecule is N[C@@H]1C[C@H](N)[C@@H](OCC(=O)NCCCNCCCNC(=O)CO[C@H]2[C@H](O)[C@@H](O)[C@H](N)C[C@@H]2N)[C@H](O)[C@H]1O. The lowest BCUT2D eigenvalue weighted by Crippen LogP contribution is -2.62. The van der Waals surface area contributed by atoms with Gasteiger partial charge in [-0.3, -0.25) is 9.59 Å². The summed E-state index contributed by atoms with van der Waals surface area (Å²) in [5.41, 5.74) is 23.2. The summed E-state index contributed by atoms with van der Waals surface area (Å²) in [5.74, 6) is -0.708. The van der Waals surface area contributed by atoms with E-state index in [0.717, 1.165) is 0 Å². The molecule has 37 heavy (non-hydrogen) atoms. The quantitative estimate of drug-likeness (QED) is 0.0925. The van der Waals surface area contributed by atoms with Crippen molar-refractivity contribution in [2.75, 3.05) is 39.4 Å². The van der Waals surface area contributed by atoms with Crippen LogP contribution < -0.4 is 38.9 Å². The minimum Gasteiger partial charge on any atom is -0.389 e. The van der Waals surface area contributed by atoms with Crippen molar-refractivity contribution in [1.29, 1.82) is 0 Å². The third-order valence-electron chi connectivity index (χ3n) is 6.70. The Morgan fingerprint density at radius 1 is 0.622 bits per heavy atom. The van der Waals surface area contributed by atoms with Crippen molar-refractivity contribution in [3.05, 3.63) is 0 Å². The summed E-state index contributed by atoms with van der Waals surface area (Å²) < 4.78 is 10.8. The molecule has 2 saturated carbocycles. The number of carbonyl (C=O) groups is 2. The fourth-order valence-electron chi connectivity index (χ4n) is 4.48. The van der Waals surface area contributed by atoms with Gasteiger partial charge in [-0.05, 0) is 38.8 Å². The number of hydrogen-bond donors (Lipinski definition) is 11. The molecule has 2 aliphatic carbocycles. The molecule has 0 saturated heterocycles. The molecule has 0 aromatic carbocycles. The maximum atomic E-state index is 11.9. The lowest BCUT2D eigenvalue weighted by molar-refractivity contribution is -0.145. The average molecular weight is 536 g/mol. The minimum atomic E-state index is -1.25. The number of amides is 2. The molecule has 15 heteroatoms. The number of aliphatic hydroxyl groups is 4. The molecule has 0 bridgehead atoms. The molecule has 0 aromatic rings. The van der Waals surface area contributed by atoms with E-state index in [1.165, 1.54) is 0 Å². The number of nitrogens with one attached hydrogen (secondary N) is 3. The van der Waals surface area contributed by atoms with E-state index in [9.17, 15) is 30.0 Å². The molecule has 10 atom stereocenters. The molecule has 2 aliphatic rings. The molecule has 0 aromatic heterocycles. The highest BCUT2D eigenvalue weighted by Gasteiger charge is 2.42. The van der Waals surface area contributed by atoms with E-state index in [1.807, 2.05) is 0 Å². The summed E-state index contributed by atoms with van der Waals surface area (Å²) in [7, 11) is 0. The third kappa shape index (κ3) is 9.96. The molecular formula is C22H45N7O8. The van der Waals surface area contributed by atoms with E-state index in [1.54, 1.807) is 0 Å². The van der Waals surface area contributed by atoms with Crippen LogP contribution in [0.3, 0.4) is 0 Å². The zero-order chi connectivity index (χ0) is 27.5. The van der Waals surface area contributed by atoms with Gasteiger partial charge in [-0.1, -0.05) is 0 Å². The van der Waals surface area contributed by atoms with E-state index >= 15 is 0 Å². The van der Waals surface area contributed by atoms with E-state index in [4.69, 9.17) is 32.4 Å². The zero-order valence-corrected chi connectivity index (χ0v) is 21.1. The van der Waals surface area contributed by atoms with Gasteiger partial charge in [0.1, 0.15) is 37.6 Å². The van der Waals surface area contributed by atoms with Gasteiger partial charge in [-0.25, -0.2) is 0 Å². The molecule has 0 radical (unpaired) electrons. The second-order valence-electron chi connectivity index (χ2n) is 9.80. The smallest absolute Gasteiger partial charge is 0.246 e. The highest BCUT2D eigenvalue weighted by Crippen LogP contribution is 2.21. The van der Waals surface area contributed by atoms with Gasteiger partial charge in [0.25, 0.3) is 0 Å². The monoisotopic (exact) mass is 535 g/mol. The van der Waals surface area contributed by atoms with Gasteiger partial charge in [-0.15, -0.1) is 0 Å². The largest absolute Gasteiger partial charge is 0.389 e. The van der Waals surface area contributed by atoms with Gasteiger partial charge in [0.05, 0.1) is 12.2 Å². The Morgan fingerprint density at radius 2 is 1.00 bits per heavy atom.